The molecule has 0 spiro atoms. The Kier molecular flexibility index (Phi) is 5.55. The molecule has 3 heterocycles. The Balaban J connectivity index is 1.45. The molecule has 0 unspecified atom stereocenters. The van der Waals surface area contributed by atoms with E-state index in [0.717, 1.165) is 21.1 Å². The molecule has 0 saturated heterocycles. The van der Waals surface area contributed by atoms with Crippen molar-refractivity contribution >= 4 is 45.8 Å². The Labute approximate surface area is 151 Å². The van der Waals surface area contributed by atoms with Gasteiger partial charge in [0.05, 0.1) is 17.0 Å². The number of ether oxygens (including phenoxy) is 1. The number of thiophene rings is 2. The number of thiazole rings is 1. The molecule has 7 heteroatoms. The van der Waals surface area contributed by atoms with Crippen molar-refractivity contribution in [3.63, 3.8) is 0 Å². The van der Waals surface area contributed by atoms with E-state index in [2.05, 4.69) is 4.98 Å². The van der Waals surface area contributed by atoms with E-state index in [9.17, 15) is 9.59 Å². The number of ketones is 1. The number of hydrogen-bond acceptors (Lipinski definition) is 7. The van der Waals surface area contributed by atoms with Gasteiger partial charge < -0.3 is 4.74 Å². The molecule has 0 atom stereocenters. The minimum atomic E-state index is -0.373. The van der Waals surface area contributed by atoms with Gasteiger partial charge in [-0.3, -0.25) is 9.59 Å². The molecule has 3 aromatic heterocycles. The zero-order chi connectivity index (χ0) is 16.9. The second kappa shape index (κ2) is 7.83. The fourth-order valence-electron chi connectivity index (χ4n) is 2.04. The van der Waals surface area contributed by atoms with Gasteiger partial charge in [-0.15, -0.1) is 22.7 Å². The van der Waals surface area contributed by atoms with Crippen LogP contribution < -0.4 is 0 Å². The minimum absolute atomic E-state index is 0.0153. The standard InChI is InChI=1S/C17H15NO3S3/c1-11-2-4-15(24-11)14(19)3-5-16(20)21-8-13-10-23-17(18-13)12-6-7-22-9-12/h2,4,6-7,9-10H,3,5,8H2,1H3. The number of carbonyl (C=O) groups excluding carboxylic acids is 2. The maximum absolute atomic E-state index is 12.0. The topological polar surface area (TPSA) is 56.3 Å². The van der Waals surface area contributed by atoms with Crippen molar-refractivity contribution in [2.75, 3.05) is 0 Å². The highest BCUT2D eigenvalue weighted by molar-refractivity contribution is 7.14. The molecule has 124 valence electrons. The highest BCUT2D eigenvalue weighted by atomic mass is 32.1. The van der Waals surface area contributed by atoms with E-state index in [1.807, 2.05) is 35.2 Å². The average molecular weight is 378 g/mol. The van der Waals surface area contributed by atoms with Crippen LogP contribution in [-0.4, -0.2) is 16.7 Å². The SMILES string of the molecule is Cc1ccc(C(=O)CCC(=O)OCc2csc(-c3ccsc3)n2)s1. The number of hydrogen-bond donors (Lipinski definition) is 0. The Morgan fingerprint density at radius 1 is 1.17 bits per heavy atom. The van der Waals surface area contributed by atoms with Crippen LogP contribution in [0.2, 0.25) is 0 Å². The first-order valence-electron chi connectivity index (χ1n) is 7.34. The molecule has 0 bridgehead atoms. The predicted octanol–water partition coefficient (Wildman–Crippen LogP) is 4.95. The van der Waals surface area contributed by atoms with Gasteiger partial charge in [-0.1, -0.05) is 0 Å². The van der Waals surface area contributed by atoms with Gasteiger partial charge in [-0.05, 0) is 30.5 Å². The molecule has 0 radical (unpaired) electrons. The van der Waals surface area contributed by atoms with Crippen molar-refractivity contribution in [2.45, 2.75) is 26.4 Å². The van der Waals surface area contributed by atoms with Gasteiger partial charge in [0.2, 0.25) is 0 Å². The second-order valence-corrected chi connectivity index (χ2v) is 8.08. The smallest absolute Gasteiger partial charge is 0.306 e. The lowest BCUT2D eigenvalue weighted by Gasteiger charge is -2.02. The fourth-order valence-corrected chi connectivity index (χ4v) is 4.39. The second-order valence-electron chi connectivity index (χ2n) is 5.15. The molecule has 3 aromatic rings. The number of Topliss-reactive ketones (excluding diaryl/α,β-unsaturated/α-hetero) is 1. The third kappa shape index (κ3) is 4.37. The predicted molar refractivity (Wildman–Crippen MR) is 97.8 cm³/mol. The number of aromatic nitrogens is 1. The van der Waals surface area contributed by atoms with Crippen molar-refractivity contribution in [3.8, 4) is 10.6 Å². The van der Waals surface area contributed by atoms with Gasteiger partial charge in [-0.25, -0.2) is 4.98 Å². The lowest BCUT2D eigenvalue weighted by molar-refractivity contribution is -0.145. The molecular weight excluding hydrogens is 362 g/mol. The maximum Gasteiger partial charge on any atom is 0.306 e. The summed E-state index contributed by atoms with van der Waals surface area (Å²) in [6.45, 7) is 2.10. The Morgan fingerprint density at radius 2 is 2.04 bits per heavy atom. The van der Waals surface area contributed by atoms with Crippen molar-refractivity contribution in [3.05, 3.63) is 49.8 Å². The van der Waals surface area contributed by atoms with Gasteiger partial charge >= 0.3 is 5.97 Å². The number of aryl methyl sites for hydroxylation is 1. The Bertz CT molecular complexity index is 833. The zero-order valence-corrected chi connectivity index (χ0v) is 15.4. The van der Waals surface area contributed by atoms with Crippen molar-refractivity contribution < 1.29 is 14.3 Å². The number of nitrogens with zero attached hydrogens (tertiary/aromatic N) is 1. The van der Waals surface area contributed by atoms with E-state index < -0.39 is 0 Å². The third-order valence-electron chi connectivity index (χ3n) is 3.27. The quantitative estimate of drug-likeness (QED) is 0.432. The van der Waals surface area contributed by atoms with E-state index in [0.29, 0.717) is 4.88 Å². The van der Waals surface area contributed by atoms with Gasteiger partial charge in [0.25, 0.3) is 0 Å². The maximum atomic E-state index is 12.0. The van der Waals surface area contributed by atoms with E-state index in [1.54, 1.807) is 17.4 Å². The summed E-state index contributed by atoms with van der Waals surface area (Å²) >= 11 is 4.60. The first-order valence-corrected chi connectivity index (χ1v) is 9.98. The van der Waals surface area contributed by atoms with Crippen LogP contribution in [0.5, 0.6) is 0 Å². The monoisotopic (exact) mass is 377 g/mol. The molecule has 0 amide bonds. The molecule has 0 saturated carbocycles. The molecule has 3 rings (SSSR count). The van der Waals surface area contributed by atoms with Crippen LogP contribution >= 0.6 is 34.0 Å². The first-order chi connectivity index (χ1) is 11.6. The summed E-state index contributed by atoms with van der Waals surface area (Å²) in [4.78, 5) is 30.0. The highest BCUT2D eigenvalue weighted by Gasteiger charge is 2.13. The van der Waals surface area contributed by atoms with Crippen molar-refractivity contribution in [2.24, 2.45) is 0 Å². The van der Waals surface area contributed by atoms with Crippen LogP contribution in [0.15, 0.2) is 34.3 Å². The molecule has 0 aliphatic rings. The average Bonchev–Trinajstić information content (AvgIpc) is 3.30. The van der Waals surface area contributed by atoms with Gasteiger partial charge in [0, 0.05) is 27.6 Å². The Morgan fingerprint density at radius 3 is 2.75 bits per heavy atom. The molecule has 4 nitrogen and oxygen atoms in total. The molecular formula is C17H15NO3S3. The molecule has 0 aliphatic carbocycles. The summed E-state index contributed by atoms with van der Waals surface area (Å²) in [7, 11) is 0. The van der Waals surface area contributed by atoms with E-state index in [1.165, 1.54) is 22.7 Å². The lowest BCUT2D eigenvalue weighted by Crippen LogP contribution is -2.07. The van der Waals surface area contributed by atoms with Crippen LogP contribution in [0, 0.1) is 6.92 Å². The third-order valence-corrected chi connectivity index (χ3v) is 5.94. The van der Waals surface area contributed by atoms with Crippen LogP contribution in [0.4, 0.5) is 0 Å². The van der Waals surface area contributed by atoms with Crippen LogP contribution in [0.3, 0.4) is 0 Å². The van der Waals surface area contributed by atoms with Crippen molar-refractivity contribution in [1.29, 1.82) is 0 Å². The Hall–Kier alpha value is -1.83. The summed E-state index contributed by atoms with van der Waals surface area (Å²) in [5, 5.41) is 6.85. The number of esters is 1. The minimum Gasteiger partial charge on any atom is -0.459 e. The summed E-state index contributed by atoms with van der Waals surface area (Å²) in [6, 6.07) is 5.72. The molecule has 0 N–H and O–H groups in total. The molecule has 0 fully saturated rings. The molecule has 24 heavy (non-hydrogen) atoms. The summed E-state index contributed by atoms with van der Waals surface area (Å²) in [6.07, 6.45) is 0.271. The summed E-state index contributed by atoms with van der Waals surface area (Å²) in [5.74, 6) is -0.389. The fraction of sp³-hybridized carbons (Fsp3) is 0.235. The largest absolute Gasteiger partial charge is 0.459 e. The normalized spacial score (nSPS) is 10.7. The highest BCUT2D eigenvalue weighted by Crippen LogP contribution is 2.26. The number of carbonyl (C=O) groups is 2. The first kappa shape index (κ1) is 17.0. The molecule has 0 aliphatic heterocycles. The zero-order valence-electron chi connectivity index (χ0n) is 13.0. The summed E-state index contributed by atoms with van der Waals surface area (Å²) < 4.78 is 5.21. The van der Waals surface area contributed by atoms with Crippen molar-refractivity contribution in [1.82, 2.24) is 4.98 Å². The van der Waals surface area contributed by atoms with Gasteiger partial charge in [0.15, 0.2) is 5.78 Å². The van der Waals surface area contributed by atoms with Gasteiger partial charge in [-0.2, -0.15) is 11.3 Å². The van der Waals surface area contributed by atoms with Crippen LogP contribution in [0.25, 0.3) is 10.6 Å². The molecule has 0 aromatic carbocycles. The van der Waals surface area contributed by atoms with Gasteiger partial charge in [0.1, 0.15) is 11.6 Å². The van der Waals surface area contributed by atoms with E-state index in [4.69, 9.17) is 4.74 Å². The van der Waals surface area contributed by atoms with E-state index >= 15 is 0 Å². The number of rotatable bonds is 7. The van der Waals surface area contributed by atoms with Crippen LogP contribution in [-0.2, 0) is 16.1 Å². The van der Waals surface area contributed by atoms with E-state index in [-0.39, 0.29) is 31.2 Å². The van der Waals surface area contributed by atoms with Crippen LogP contribution in [0.1, 0.15) is 33.1 Å². The summed E-state index contributed by atoms with van der Waals surface area (Å²) in [5.41, 5.74) is 1.81. The lowest BCUT2D eigenvalue weighted by atomic mass is 10.2.